The molecule has 4 nitrogen and oxygen atoms in total. The molecule has 1 fully saturated rings. The fourth-order valence-corrected chi connectivity index (χ4v) is 3.43. The number of hydrogen-bond donors (Lipinski definition) is 2. The number of hydrogen-bond acceptors (Lipinski definition) is 2. The van der Waals surface area contributed by atoms with Crippen LogP contribution < -0.4 is 0 Å². The first-order valence-corrected chi connectivity index (χ1v) is 7.62. The molecule has 108 valence electrons. The molecule has 3 aromatic rings. The standard InChI is InChI=1S/C17H20N4/c1-12-10-19-17(20-12)16-6-3-9-21(16)11-13-4-2-5-15-14(13)7-8-18-15/h2,4-5,7-8,10,16,18H,3,6,9,11H2,1H3,(H,19,20). The van der Waals surface area contributed by atoms with Gasteiger partial charge < -0.3 is 9.97 Å². The van der Waals surface area contributed by atoms with E-state index >= 15 is 0 Å². The molecule has 0 amide bonds. The van der Waals surface area contributed by atoms with Crippen molar-refractivity contribution in [2.75, 3.05) is 6.54 Å². The van der Waals surface area contributed by atoms with Gasteiger partial charge in [0, 0.05) is 35.5 Å². The number of aromatic amines is 2. The Kier molecular flexibility index (Phi) is 3.04. The lowest BCUT2D eigenvalue weighted by Crippen LogP contribution is -2.23. The summed E-state index contributed by atoms with van der Waals surface area (Å²) in [5.41, 5.74) is 3.76. The van der Waals surface area contributed by atoms with E-state index in [0.717, 1.165) is 24.6 Å². The number of aromatic nitrogens is 3. The highest BCUT2D eigenvalue weighted by Gasteiger charge is 2.28. The van der Waals surface area contributed by atoms with Crippen molar-refractivity contribution in [3.8, 4) is 0 Å². The summed E-state index contributed by atoms with van der Waals surface area (Å²) in [6, 6.07) is 9.10. The van der Waals surface area contributed by atoms with E-state index in [1.165, 1.54) is 29.3 Å². The molecule has 1 aliphatic rings. The molecule has 0 bridgehead atoms. The average Bonchev–Trinajstić information content (AvgIpc) is 3.18. The van der Waals surface area contributed by atoms with Crippen LogP contribution in [0.3, 0.4) is 0 Å². The minimum absolute atomic E-state index is 0.424. The predicted molar refractivity (Wildman–Crippen MR) is 84.0 cm³/mol. The monoisotopic (exact) mass is 280 g/mol. The van der Waals surface area contributed by atoms with Crippen LogP contribution in [0.2, 0.25) is 0 Å². The molecule has 4 heteroatoms. The quantitative estimate of drug-likeness (QED) is 0.771. The van der Waals surface area contributed by atoms with Gasteiger partial charge in [0.25, 0.3) is 0 Å². The molecule has 0 spiro atoms. The first kappa shape index (κ1) is 12.7. The highest BCUT2D eigenvalue weighted by molar-refractivity contribution is 5.82. The van der Waals surface area contributed by atoms with Crippen LogP contribution in [-0.4, -0.2) is 26.4 Å². The van der Waals surface area contributed by atoms with Crippen molar-refractivity contribution < 1.29 is 0 Å². The Bertz CT molecular complexity index is 755. The maximum absolute atomic E-state index is 4.54. The summed E-state index contributed by atoms with van der Waals surface area (Å²) in [6.07, 6.45) is 6.38. The minimum Gasteiger partial charge on any atom is -0.361 e. The number of imidazole rings is 1. The maximum atomic E-state index is 4.54. The van der Waals surface area contributed by atoms with Gasteiger partial charge in [-0.15, -0.1) is 0 Å². The Labute approximate surface area is 124 Å². The molecular weight excluding hydrogens is 260 g/mol. The van der Waals surface area contributed by atoms with E-state index < -0.39 is 0 Å². The van der Waals surface area contributed by atoms with Crippen LogP contribution in [0.1, 0.15) is 36.0 Å². The van der Waals surface area contributed by atoms with Crippen LogP contribution in [-0.2, 0) is 6.54 Å². The van der Waals surface area contributed by atoms with Gasteiger partial charge in [0.05, 0.1) is 6.04 Å². The molecule has 1 aromatic carbocycles. The summed E-state index contributed by atoms with van der Waals surface area (Å²) in [4.78, 5) is 13.8. The van der Waals surface area contributed by atoms with E-state index in [1.54, 1.807) is 0 Å². The van der Waals surface area contributed by atoms with Gasteiger partial charge in [-0.25, -0.2) is 4.98 Å². The van der Waals surface area contributed by atoms with E-state index in [1.807, 2.05) is 12.4 Å². The van der Waals surface area contributed by atoms with E-state index in [2.05, 4.69) is 51.0 Å². The van der Waals surface area contributed by atoms with Crippen molar-refractivity contribution in [1.29, 1.82) is 0 Å². The van der Waals surface area contributed by atoms with E-state index in [4.69, 9.17) is 0 Å². The molecule has 2 N–H and O–H groups in total. The van der Waals surface area contributed by atoms with Crippen molar-refractivity contribution >= 4 is 10.9 Å². The fraction of sp³-hybridized carbons (Fsp3) is 0.353. The number of nitrogens with zero attached hydrogens (tertiary/aromatic N) is 2. The molecule has 3 heterocycles. The highest BCUT2D eigenvalue weighted by atomic mass is 15.2. The van der Waals surface area contributed by atoms with E-state index in [9.17, 15) is 0 Å². The Balaban J connectivity index is 1.62. The van der Waals surface area contributed by atoms with Crippen molar-refractivity contribution in [3.05, 3.63) is 53.7 Å². The average molecular weight is 280 g/mol. The van der Waals surface area contributed by atoms with E-state index in [-0.39, 0.29) is 0 Å². The largest absolute Gasteiger partial charge is 0.361 e. The number of aryl methyl sites for hydroxylation is 1. The number of likely N-dealkylation sites (tertiary alicyclic amines) is 1. The second-order valence-electron chi connectivity index (χ2n) is 5.94. The molecule has 1 unspecified atom stereocenters. The normalized spacial score (nSPS) is 19.6. The summed E-state index contributed by atoms with van der Waals surface area (Å²) in [5.74, 6) is 1.12. The topological polar surface area (TPSA) is 47.7 Å². The minimum atomic E-state index is 0.424. The van der Waals surface area contributed by atoms with Gasteiger partial charge in [-0.1, -0.05) is 12.1 Å². The number of nitrogens with one attached hydrogen (secondary N) is 2. The molecule has 1 atom stereocenters. The molecule has 2 aromatic heterocycles. The Morgan fingerprint density at radius 1 is 1.33 bits per heavy atom. The third-order valence-electron chi connectivity index (χ3n) is 4.46. The Morgan fingerprint density at radius 2 is 2.29 bits per heavy atom. The van der Waals surface area contributed by atoms with E-state index in [0.29, 0.717) is 6.04 Å². The molecule has 1 saturated heterocycles. The van der Waals surface area contributed by atoms with Crippen molar-refractivity contribution in [1.82, 2.24) is 19.9 Å². The third kappa shape index (κ3) is 2.25. The third-order valence-corrected chi connectivity index (χ3v) is 4.46. The Hall–Kier alpha value is -2.07. The van der Waals surface area contributed by atoms with Crippen molar-refractivity contribution in [2.45, 2.75) is 32.4 Å². The van der Waals surface area contributed by atoms with Crippen LogP contribution in [0, 0.1) is 6.92 Å². The van der Waals surface area contributed by atoms with Gasteiger partial charge in [0.1, 0.15) is 5.82 Å². The number of H-pyrrole nitrogens is 2. The van der Waals surface area contributed by atoms with Gasteiger partial charge in [0.2, 0.25) is 0 Å². The van der Waals surface area contributed by atoms with Gasteiger partial charge in [0.15, 0.2) is 0 Å². The summed E-state index contributed by atoms with van der Waals surface area (Å²) >= 11 is 0. The van der Waals surface area contributed by atoms with Crippen LogP contribution >= 0.6 is 0 Å². The molecule has 0 saturated carbocycles. The van der Waals surface area contributed by atoms with Crippen LogP contribution in [0.15, 0.2) is 36.7 Å². The van der Waals surface area contributed by atoms with Crippen molar-refractivity contribution in [2.24, 2.45) is 0 Å². The highest BCUT2D eigenvalue weighted by Crippen LogP contribution is 2.32. The number of rotatable bonds is 3. The number of fused-ring (bicyclic) bond motifs is 1. The molecular formula is C17H20N4. The molecule has 0 aliphatic carbocycles. The summed E-state index contributed by atoms with van der Waals surface area (Å²) in [7, 11) is 0. The van der Waals surface area contributed by atoms with Gasteiger partial charge in [-0.2, -0.15) is 0 Å². The first-order chi connectivity index (χ1) is 10.3. The predicted octanol–water partition coefficient (Wildman–Crippen LogP) is 3.54. The second-order valence-corrected chi connectivity index (χ2v) is 5.94. The lowest BCUT2D eigenvalue weighted by Gasteiger charge is -2.23. The maximum Gasteiger partial charge on any atom is 0.123 e. The smallest absolute Gasteiger partial charge is 0.123 e. The lowest BCUT2D eigenvalue weighted by molar-refractivity contribution is 0.241. The van der Waals surface area contributed by atoms with Gasteiger partial charge in [-0.05, 0) is 44.0 Å². The molecule has 4 rings (SSSR count). The Morgan fingerprint density at radius 3 is 3.14 bits per heavy atom. The summed E-state index contributed by atoms with van der Waals surface area (Å²) in [6.45, 7) is 4.20. The lowest BCUT2D eigenvalue weighted by atomic mass is 10.1. The van der Waals surface area contributed by atoms with Gasteiger partial charge in [-0.3, -0.25) is 4.90 Å². The summed E-state index contributed by atoms with van der Waals surface area (Å²) in [5, 5.41) is 1.33. The first-order valence-electron chi connectivity index (χ1n) is 7.62. The van der Waals surface area contributed by atoms with Crippen LogP contribution in [0.5, 0.6) is 0 Å². The second kappa shape index (κ2) is 5.04. The number of benzene rings is 1. The zero-order chi connectivity index (χ0) is 14.2. The van der Waals surface area contributed by atoms with Crippen LogP contribution in [0.25, 0.3) is 10.9 Å². The molecule has 1 aliphatic heterocycles. The SMILES string of the molecule is Cc1cnc(C2CCCN2Cc2cccc3[nH]ccc23)[nH]1. The van der Waals surface area contributed by atoms with Crippen molar-refractivity contribution in [3.63, 3.8) is 0 Å². The zero-order valence-electron chi connectivity index (χ0n) is 12.3. The summed E-state index contributed by atoms with van der Waals surface area (Å²) < 4.78 is 0. The van der Waals surface area contributed by atoms with Gasteiger partial charge >= 0.3 is 0 Å². The molecule has 0 radical (unpaired) electrons. The zero-order valence-corrected chi connectivity index (χ0v) is 12.3. The fourth-order valence-electron chi connectivity index (χ4n) is 3.43. The van der Waals surface area contributed by atoms with Crippen LogP contribution in [0.4, 0.5) is 0 Å². The molecule has 21 heavy (non-hydrogen) atoms.